The van der Waals surface area contributed by atoms with Crippen molar-refractivity contribution in [1.29, 1.82) is 0 Å². The van der Waals surface area contributed by atoms with E-state index in [0.29, 0.717) is 0 Å². The zero-order valence-corrected chi connectivity index (χ0v) is 5.50. The lowest BCUT2D eigenvalue weighted by atomic mass is 10.3. The van der Waals surface area contributed by atoms with Crippen LogP contribution in [-0.4, -0.2) is 25.6 Å². The summed E-state index contributed by atoms with van der Waals surface area (Å²) in [5, 5.41) is 0. The van der Waals surface area contributed by atoms with E-state index in [-0.39, 0.29) is 12.4 Å². The number of rotatable bonds is 3. The van der Waals surface area contributed by atoms with Gasteiger partial charge in [-0.05, 0) is 0 Å². The molecular weight excluding hydrogens is 154 g/mol. The van der Waals surface area contributed by atoms with Crippen molar-refractivity contribution >= 4 is 12.4 Å². The topological polar surface area (TPSA) is 26.0 Å². The minimum atomic E-state index is -2.04. The van der Waals surface area contributed by atoms with Crippen molar-refractivity contribution in [3.8, 4) is 0 Å². The summed E-state index contributed by atoms with van der Waals surface area (Å²) in [7, 11) is 0. The molecule has 0 heterocycles. The molecule has 0 fully saturated rings. The lowest BCUT2D eigenvalue weighted by Crippen LogP contribution is -2.27. The highest BCUT2D eigenvalue weighted by molar-refractivity contribution is 5.85. The lowest BCUT2D eigenvalue weighted by molar-refractivity contribution is 0.143. The Morgan fingerprint density at radius 1 is 1.22 bits per heavy atom. The molecule has 0 aliphatic rings. The van der Waals surface area contributed by atoms with Crippen molar-refractivity contribution < 1.29 is 13.2 Å². The molecule has 0 aromatic carbocycles. The predicted octanol–water partition coefficient (Wildman–Crippen LogP) is 1.01. The average molecular weight is 164 g/mol. The summed E-state index contributed by atoms with van der Waals surface area (Å²) in [6.45, 7) is -1.75. The number of hydrogen-bond donors (Lipinski definition) is 1. The summed E-state index contributed by atoms with van der Waals surface area (Å²) < 4.78 is 34.6. The van der Waals surface area contributed by atoms with Crippen molar-refractivity contribution in [2.24, 2.45) is 5.73 Å². The van der Waals surface area contributed by atoms with Crippen LogP contribution in [0.5, 0.6) is 0 Å². The first-order chi connectivity index (χ1) is 3.72. The van der Waals surface area contributed by atoms with Crippen molar-refractivity contribution in [3.63, 3.8) is 0 Å². The predicted molar refractivity (Wildman–Crippen MR) is 32.1 cm³/mol. The van der Waals surface area contributed by atoms with Crippen LogP contribution in [0.2, 0.25) is 0 Å². The maximum atomic E-state index is 11.8. The summed E-state index contributed by atoms with van der Waals surface area (Å²) in [6.07, 6.45) is -3.89. The number of halogens is 4. The molecule has 0 saturated heterocycles. The molecule has 2 unspecified atom stereocenters. The van der Waals surface area contributed by atoms with Gasteiger partial charge < -0.3 is 5.73 Å². The van der Waals surface area contributed by atoms with Gasteiger partial charge in [-0.25, -0.2) is 13.2 Å². The van der Waals surface area contributed by atoms with E-state index in [2.05, 4.69) is 5.73 Å². The molecule has 0 aliphatic carbocycles. The van der Waals surface area contributed by atoms with Gasteiger partial charge in [-0.1, -0.05) is 0 Å². The third-order valence-corrected chi connectivity index (χ3v) is 0.765. The Morgan fingerprint density at radius 3 is 1.78 bits per heavy atom. The summed E-state index contributed by atoms with van der Waals surface area (Å²) in [4.78, 5) is 0. The zero-order valence-electron chi connectivity index (χ0n) is 4.69. The molecule has 2 atom stereocenters. The largest absolute Gasteiger partial charge is 0.328 e. The van der Waals surface area contributed by atoms with Gasteiger partial charge in [0.25, 0.3) is 0 Å². The molecule has 0 aromatic rings. The Kier molecular flexibility index (Phi) is 8.08. The fourth-order valence-electron chi connectivity index (χ4n) is 0.244. The van der Waals surface area contributed by atoms with E-state index in [0.717, 1.165) is 0 Å². The van der Waals surface area contributed by atoms with E-state index >= 15 is 0 Å². The van der Waals surface area contributed by atoms with E-state index in [1.807, 2.05) is 0 Å². The first-order valence-electron chi connectivity index (χ1n) is 2.26. The Hall–Kier alpha value is 0.0400. The molecule has 0 amide bonds. The minimum Gasteiger partial charge on any atom is -0.328 e. The fourth-order valence-corrected chi connectivity index (χ4v) is 0.244. The minimum absolute atomic E-state index is 0. The van der Waals surface area contributed by atoms with Gasteiger partial charge in [0.2, 0.25) is 0 Å². The van der Waals surface area contributed by atoms with E-state index in [1.165, 1.54) is 0 Å². The molecule has 0 aliphatic heterocycles. The first-order valence-corrected chi connectivity index (χ1v) is 2.26. The summed E-state index contributed by atoms with van der Waals surface area (Å²) >= 11 is 0. The van der Waals surface area contributed by atoms with Crippen molar-refractivity contribution in [2.75, 3.05) is 13.2 Å². The first kappa shape index (κ1) is 11.8. The lowest BCUT2D eigenvalue weighted by Gasteiger charge is -2.05. The van der Waals surface area contributed by atoms with Crippen LogP contribution in [-0.2, 0) is 0 Å². The molecule has 0 saturated carbocycles. The van der Waals surface area contributed by atoms with Crippen LogP contribution in [0.4, 0.5) is 13.2 Å². The summed E-state index contributed by atoms with van der Waals surface area (Å²) in [5.41, 5.74) is 4.67. The number of nitrogens with two attached hydrogens (primary N) is 1. The second kappa shape index (κ2) is 6.16. The molecule has 58 valence electrons. The van der Waals surface area contributed by atoms with Crippen LogP contribution in [0.1, 0.15) is 0 Å². The van der Waals surface area contributed by atoms with Gasteiger partial charge >= 0.3 is 0 Å². The smallest absolute Gasteiger partial charge is 0.161 e. The van der Waals surface area contributed by atoms with E-state index in [1.54, 1.807) is 0 Å². The van der Waals surface area contributed by atoms with Crippen molar-refractivity contribution in [2.45, 2.75) is 12.3 Å². The summed E-state index contributed by atoms with van der Waals surface area (Å²) in [5.74, 6) is 0. The van der Waals surface area contributed by atoms with E-state index < -0.39 is 25.6 Å². The van der Waals surface area contributed by atoms with Gasteiger partial charge in [0.1, 0.15) is 12.8 Å². The Morgan fingerprint density at radius 2 is 1.67 bits per heavy atom. The molecule has 5 heteroatoms. The van der Waals surface area contributed by atoms with Gasteiger partial charge in [-0.15, -0.1) is 12.4 Å². The van der Waals surface area contributed by atoms with Crippen LogP contribution >= 0.6 is 12.4 Å². The highest BCUT2D eigenvalue weighted by atomic mass is 35.5. The van der Waals surface area contributed by atoms with Crippen LogP contribution in [0, 0.1) is 0 Å². The molecule has 0 aromatic heterocycles. The summed E-state index contributed by atoms with van der Waals surface area (Å²) in [6, 6.07) is 0. The molecule has 0 bridgehead atoms. The molecular formula is C4H9ClF3N. The second-order valence-corrected chi connectivity index (χ2v) is 1.42. The Bertz CT molecular complexity index is 55.8. The van der Waals surface area contributed by atoms with Gasteiger partial charge in [-0.3, -0.25) is 0 Å². The van der Waals surface area contributed by atoms with Gasteiger partial charge in [0.05, 0.1) is 0 Å². The molecule has 0 radical (unpaired) electrons. The average Bonchev–Trinajstić information content (AvgIpc) is 1.84. The van der Waals surface area contributed by atoms with Crippen LogP contribution in [0.3, 0.4) is 0 Å². The normalized spacial score (nSPS) is 16.0. The van der Waals surface area contributed by atoms with E-state index in [4.69, 9.17) is 0 Å². The maximum Gasteiger partial charge on any atom is 0.161 e. The number of alkyl halides is 3. The highest BCUT2D eigenvalue weighted by Gasteiger charge is 2.17. The second-order valence-electron chi connectivity index (χ2n) is 1.42. The SMILES string of the molecule is Cl.NCC(F)C(F)CF. The molecule has 0 rings (SSSR count). The molecule has 0 spiro atoms. The Labute approximate surface area is 57.8 Å². The highest BCUT2D eigenvalue weighted by Crippen LogP contribution is 2.01. The third kappa shape index (κ3) is 4.54. The number of hydrogen-bond acceptors (Lipinski definition) is 1. The quantitative estimate of drug-likeness (QED) is 0.661. The van der Waals surface area contributed by atoms with Gasteiger partial charge in [0, 0.05) is 6.54 Å². The molecule has 1 nitrogen and oxygen atoms in total. The van der Waals surface area contributed by atoms with Gasteiger partial charge in [0.15, 0.2) is 6.17 Å². The van der Waals surface area contributed by atoms with Crippen molar-refractivity contribution in [3.05, 3.63) is 0 Å². The monoisotopic (exact) mass is 163 g/mol. The fraction of sp³-hybridized carbons (Fsp3) is 1.00. The van der Waals surface area contributed by atoms with E-state index in [9.17, 15) is 13.2 Å². The molecule has 9 heavy (non-hydrogen) atoms. The third-order valence-electron chi connectivity index (χ3n) is 0.765. The van der Waals surface area contributed by atoms with Crippen molar-refractivity contribution in [1.82, 2.24) is 0 Å². The van der Waals surface area contributed by atoms with Crippen LogP contribution in [0.25, 0.3) is 0 Å². The zero-order chi connectivity index (χ0) is 6.57. The van der Waals surface area contributed by atoms with Crippen LogP contribution < -0.4 is 5.73 Å². The molecule has 2 N–H and O–H groups in total. The van der Waals surface area contributed by atoms with Crippen LogP contribution in [0.15, 0.2) is 0 Å². The Balaban J connectivity index is 0. The maximum absolute atomic E-state index is 11.8. The van der Waals surface area contributed by atoms with Gasteiger partial charge in [-0.2, -0.15) is 0 Å². The standard InChI is InChI=1S/C4H8F3N.ClH/c5-1-3(6)4(7)2-8;/h3-4H,1-2,8H2;1H.